The molecule has 8 nitrogen and oxygen atoms in total. The number of morpholine rings is 1. The van der Waals surface area contributed by atoms with Crippen molar-refractivity contribution >= 4 is 29.1 Å². The molecular formula is C20H27N5O3S. The smallest absolute Gasteiger partial charge is 0.232 e. The minimum atomic E-state index is -0.437. The Morgan fingerprint density at radius 1 is 1.38 bits per heavy atom. The third-order valence-electron chi connectivity index (χ3n) is 6.91. The fourth-order valence-corrected chi connectivity index (χ4v) is 5.92. The molecule has 0 saturated carbocycles. The molecule has 0 radical (unpaired) electrons. The van der Waals surface area contributed by atoms with Crippen LogP contribution >= 0.6 is 11.8 Å². The maximum Gasteiger partial charge on any atom is 0.232 e. The van der Waals surface area contributed by atoms with Crippen LogP contribution in [0.1, 0.15) is 11.3 Å². The summed E-state index contributed by atoms with van der Waals surface area (Å²) in [5.74, 6) is 1.90. The summed E-state index contributed by atoms with van der Waals surface area (Å²) in [5, 5.41) is 14.6. The van der Waals surface area contributed by atoms with Gasteiger partial charge in [-0.2, -0.15) is 21.4 Å². The van der Waals surface area contributed by atoms with Crippen molar-refractivity contribution in [2.24, 2.45) is 11.8 Å². The summed E-state index contributed by atoms with van der Waals surface area (Å²) in [5.41, 5.74) is 2.48. The Morgan fingerprint density at radius 3 is 2.97 bits per heavy atom. The number of hydrogen-bond acceptors (Lipinski definition) is 7. The standard InChI is InChI=1S/C20H27N5O3S/c1-12-13(2)22-17-4-5-21-25(17)19(12)24-6-15-14(8-26)16-7-23(18(27)9-29-3)10-20(15,11-24)28-16/h4-5,14-16,26H,6-11H2,1-3H3/t14-,15+,16+,20+/m0/s1. The summed E-state index contributed by atoms with van der Waals surface area (Å²) < 4.78 is 8.43. The zero-order valence-electron chi connectivity index (χ0n) is 17.0. The normalized spacial score (nSPS) is 31.0. The Kier molecular flexibility index (Phi) is 4.52. The van der Waals surface area contributed by atoms with Crippen molar-refractivity contribution in [1.29, 1.82) is 0 Å². The number of fused-ring (bicyclic) bond motifs is 2. The Hall–Kier alpha value is -1.84. The molecule has 2 aromatic rings. The number of hydrogen-bond donors (Lipinski definition) is 1. The topological polar surface area (TPSA) is 83.2 Å². The van der Waals surface area contributed by atoms with Crippen molar-refractivity contribution in [2.75, 3.05) is 49.7 Å². The maximum atomic E-state index is 12.6. The molecule has 4 atom stereocenters. The molecular weight excluding hydrogens is 390 g/mol. The SMILES string of the molecule is CSCC(=O)N1C[C@H]2O[C@]3(C1)CN(c1c(C)c(C)nc4ccnn14)C[C@@H]3[C@@H]2CO. The summed E-state index contributed by atoms with van der Waals surface area (Å²) in [6.45, 7) is 6.82. The van der Waals surface area contributed by atoms with Crippen molar-refractivity contribution in [3.05, 3.63) is 23.5 Å². The highest BCUT2D eigenvalue weighted by molar-refractivity contribution is 7.99. The van der Waals surface area contributed by atoms with Crippen LogP contribution in [0, 0.1) is 25.7 Å². The first-order chi connectivity index (χ1) is 14.0. The second kappa shape index (κ2) is 6.85. The minimum Gasteiger partial charge on any atom is -0.396 e. The minimum absolute atomic E-state index is 0.0448. The monoisotopic (exact) mass is 417 g/mol. The lowest BCUT2D eigenvalue weighted by atomic mass is 9.83. The van der Waals surface area contributed by atoms with E-state index in [9.17, 15) is 9.90 Å². The molecule has 1 N–H and O–H groups in total. The molecule has 9 heteroatoms. The van der Waals surface area contributed by atoms with E-state index in [2.05, 4.69) is 21.9 Å². The second-order valence-electron chi connectivity index (χ2n) is 8.51. The van der Waals surface area contributed by atoms with Crippen LogP contribution in [-0.2, 0) is 9.53 Å². The van der Waals surface area contributed by atoms with E-state index in [-0.39, 0.29) is 30.5 Å². The van der Waals surface area contributed by atoms with Gasteiger partial charge in [0.15, 0.2) is 5.65 Å². The van der Waals surface area contributed by atoms with Gasteiger partial charge < -0.3 is 19.6 Å². The third-order valence-corrected chi connectivity index (χ3v) is 7.44. The van der Waals surface area contributed by atoms with E-state index in [0.717, 1.165) is 29.3 Å². The van der Waals surface area contributed by atoms with Gasteiger partial charge in [-0.1, -0.05) is 0 Å². The highest BCUT2D eigenvalue weighted by atomic mass is 32.2. The lowest BCUT2D eigenvalue weighted by Gasteiger charge is -2.40. The van der Waals surface area contributed by atoms with Crippen molar-refractivity contribution in [3.8, 4) is 0 Å². The number of carbonyl (C=O) groups is 1. The van der Waals surface area contributed by atoms with Crippen LogP contribution in [0.3, 0.4) is 0 Å². The van der Waals surface area contributed by atoms with Crippen LogP contribution in [0.4, 0.5) is 5.82 Å². The number of nitrogens with zero attached hydrogens (tertiary/aromatic N) is 5. The maximum absolute atomic E-state index is 12.6. The van der Waals surface area contributed by atoms with E-state index in [1.807, 2.05) is 28.7 Å². The van der Waals surface area contributed by atoms with Crippen LogP contribution in [-0.4, -0.2) is 87.0 Å². The molecule has 0 aliphatic carbocycles. The average Bonchev–Trinajstić information content (AvgIpc) is 3.33. The quantitative estimate of drug-likeness (QED) is 0.785. The summed E-state index contributed by atoms with van der Waals surface area (Å²) >= 11 is 1.55. The number of amides is 1. The molecule has 2 aromatic heterocycles. The number of ether oxygens (including phenoxy) is 1. The van der Waals surface area contributed by atoms with Crippen molar-refractivity contribution in [2.45, 2.75) is 25.6 Å². The molecule has 3 fully saturated rings. The van der Waals surface area contributed by atoms with Gasteiger partial charge in [-0.15, -0.1) is 0 Å². The molecule has 3 aliphatic heterocycles. The molecule has 1 spiro atoms. The predicted molar refractivity (Wildman–Crippen MR) is 111 cm³/mol. The van der Waals surface area contributed by atoms with Gasteiger partial charge in [-0.3, -0.25) is 4.79 Å². The first-order valence-corrected chi connectivity index (χ1v) is 11.5. The van der Waals surface area contributed by atoms with Crippen molar-refractivity contribution in [3.63, 3.8) is 0 Å². The van der Waals surface area contributed by atoms with E-state index in [0.29, 0.717) is 25.4 Å². The van der Waals surface area contributed by atoms with E-state index in [1.54, 1.807) is 18.0 Å². The number of carbonyl (C=O) groups excluding carboxylic acids is 1. The fourth-order valence-electron chi connectivity index (χ4n) is 5.49. The number of aliphatic hydroxyl groups is 1. The zero-order chi connectivity index (χ0) is 20.3. The number of likely N-dealkylation sites (tertiary alicyclic amines) is 1. The molecule has 156 valence electrons. The first-order valence-electron chi connectivity index (χ1n) is 10.1. The van der Waals surface area contributed by atoms with Gasteiger partial charge in [-0.05, 0) is 20.1 Å². The number of rotatable bonds is 4. The van der Waals surface area contributed by atoms with Crippen molar-refractivity contribution < 1.29 is 14.6 Å². The number of anilines is 1. The fraction of sp³-hybridized carbons (Fsp3) is 0.650. The van der Waals surface area contributed by atoms with Crippen LogP contribution in [0.25, 0.3) is 5.65 Å². The summed E-state index contributed by atoms with van der Waals surface area (Å²) in [4.78, 5) is 21.5. The van der Waals surface area contributed by atoms with E-state index in [4.69, 9.17) is 4.74 Å². The van der Waals surface area contributed by atoms with E-state index < -0.39 is 5.60 Å². The molecule has 3 aliphatic rings. The van der Waals surface area contributed by atoms with E-state index in [1.165, 1.54) is 0 Å². The molecule has 1 amide bonds. The Morgan fingerprint density at radius 2 is 2.21 bits per heavy atom. The van der Waals surface area contributed by atoms with Gasteiger partial charge in [0.1, 0.15) is 11.4 Å². The molecule has 3 saturated heterocycles. The molecule has 5 rings (SSSR count). The highest BCUT2D eigenvalue weighted by Gasteiger charge is 2.63. The van der Waals surface area contributed by atoms with Gasteiger partial charge in [-0.25, -0.2) is 4.98 Å². The highest BCUT2D eigenvalue weighted by Crippen LogP contribution is 2.50. The number of aryl methyl sites for hydroxylation is 1. The third kappa shape index (κ3) is 2.78. The zero-order valence-corrected chi connectivity index (χ0v) is 17.9. The number of thioether (sulfide) groups is 1. The number of aromatic nitrogens is 3. The van der Waals surface area contributed by atoms with Gasteiger partial charge in [0.2, 0.25) is 5.91 Å². The van der Waals surface area contributed by atoms with Crippen LogP contribution in [0.2, 0.25) is 0 Å². The lowest BCUT2D eigenvalue weighted by Crippen LogP contribution is -2.56. The summed E-state index contributed by atoms with van der Waals surface area (Å²) in [6.07, 6.45) is 3.63. The van der Waals surface area contributed by atoms with Gasteiger partial charge in [0, 0.05) is 48.9 Å². The molecule has 2 bridgehead atoms. The Labute approximate surface area is 174 Å². The average molecular weight is 418 g/mol. The first kappa shape index (κ1) is 19.1. The van der Waals surface area contributed by atoms with Crippen molar-refractivity contribution in [1.82, 2.24) is 19.5 Å². The molecule has 0 aromatic carbocycles. The summed E-state index contributed by atoms with van der Waals surface area (Å²) in [7, 11) is 0. The van der Waals surface area contributed by atoms with Crippen LogP contribution in [0.15, 0.2) is 12.3 Å². The van der Waals surface area contributed by atoms with Gasteiger partial charge in [0.05, 0.1) is 31.1 Å². The summed E-state index contributed by atoms with van der Waals surface area (Å²) in [6, 6.07) is 1.91. The Bertz CT molecular complexity index is 965. The molecule has 0 unspecified atom stereocenters. The van der Waals surface area contributed by atoms with E-state index >= 15 is 0 Å². The van der Waals surface area contributed by atoms with Crippen LogP contribution in [0.5, 0.6) is 0 Å². The second-order valence-corrected chi connectivity index (χ2v) is 9.37. The Balaban J connectivity index is 1.52. The largest absolute Gasteiger partial charge is 0.396 e. The lowest BCUT2D eigenvalue weighted by molar-refractivity contribution is -0.149. The molecule has 5 heterocycles. The van der Waals surface area contributed by atoms with Crippen LogP contribution < -0.4 is 4.90 Å². The van der Waals surface area contributed by atoms with Gasteiger partial charge in [0.25, 0.3) is 0 Å². The number of aliphatic hydroxyl groups excluding tert-OH is 1. The predicted octanol–water partition coefficient (Wildman–Crippen LogP) is 0.734. The molecule has 29 heavy (non-hydrogen) atoms. The van der Waals surface area contributed by atoms with Gasteiger partial charge >= 0.3 is 0 Å².